The Balaban J connectivity index is 3.33. The van der Waals surface area contributed by atoms with Gasteiger partial charge < -0.3 is 5.11 Å². The third-order valence-electron chi connectivity index (χ3n) is 2.04. The van der Waals surface area contributed by atoms with E-state index >= 15 is 0 Å². The van der Waals surface area contributed by atoms with Crippen molar-refractivity contribution in [3.05, 3.63) is 36.5 Å². The Hall–Kier alpha value is -1.31. The first-order valence-corrected chi connectivity index (χ1v) is 5.94. The largest absolute Gasteiger partial charge is 0.481 e. The molecule has 0 atom stereocenters. The zero-order valence-corrected chi connectivity index (χ0v) is 10.1. The summed E-state index contributed by atoms with van der Waals surface area (Å²) in [5, 5.41) is 8.42. The number of allylic oxidation sites excluding steroid dienone is 6. The van der Waals surface area contributed by atoms with E-state index in [1.54, 1.807) is 0 Å². The Morgan fingerprint density at radius 2 is 1.56 bits per heavy atom. The highest BCUT2D eigenvalue weighted by atomic mass is 16.4. The molecule has 0 aliphatic heterocycles. The van der Waals surface area contributed by atoms with Crippen LogP contribution in [-0.2, 0) is 4.79 Å². The van der Waals surface area contributed by atoms with E-state index in [2.05, 4.69) is 43.4 Å². The number of hydrogen-bond acceptors (Lipinski definition) is 1. The molecular formula is C14H22O2. The molecule has 0 fully saturated rings. The maximum Gasteiger partial charge on any atom is 0.303 e. The Kier molecular flexibility index (Phi) is 10.8. The molecule has 0 spiro atoms. The Labute approximate surface area is 98.4 Å². The minimum Gasteiger partial charge on any atom is -0.481 e. The molecule has 0 aromatic carbocycles. The SMILES string of the molecule is CC/C=C/C/C=C/C/C=C/CCCC(=O)O. The van der Waals surface area contributed by atoms with E-state index in [9.17, 15) is 4.79 Å². The second kappa shape index (κ2) is 11.8. The van der Waals surface area contributed by atoms with E-state index in [-0.39, 0.29) is 6.42 Å². The number of carbonyl (C=O) groups is 1. The molecule has 0 unspecified atom stereocenters. The summed E-state index contributed by atoms with van der Waals surface area (Å²) in [4.78, 5) is 10.2. The average molecular weight is 222 g/mol. The summed E-state index contributed by atoms with van der Waals surface area (Å²) in [6.07, 6.45) is 17.6. The van der Waals surface area contributed by atoms with Gasteiger partial charge in [-0.05, 0) is 32.1 Å². The van der Waals surface area contributed by atoms with Gasteiger partial charge in [-0.2, -0.15) is 0 Å². The molecule has 0 rings (SSSR count). The fraction of sp³-hybridized carbons (Fsp3) is 0.500. The van der Waals surface area contributed by atoms with Gasteiger partial charge in [0.2, 0.25) is 0 Å². The van der Waals surface area contributed by atoms with Gasteiger partial charge in [0.05, 0.1) is 0 Å². The topological polar surface area (TPSA) is 37.3 Å². The maximum absolute atomic E-state index is 10.2. The van der Waals surface area contributed by atoms with Crippen LogP contribution in [0.15, 0.2) is 36.5 Å². The lowest BCUT2D eigenvalue weighted by Gasteiger charge is -1.89. The predicted molar refractivity (Wildman–Crippen MR) is 68.4 cm³/mol. The summed E-state index contributed by atoms with van der Waals surface area (Å²) in [5.74, 6) is -0.712. The van der Waals surface area contributed by atoms with Gasteiger partial charge in [0, 0.05) is 6.42 Å². The number of hydrogen-bond donors (Lipinski definition) is 1. The lowest BCUT2D eigenvalue weighted by atomic mass is 10.2. The van der Waals surface area contributed by atoms with Crippen molar-refractivity contribution in [3.8, 4) is 0 Å². The standard InChI is InChI=1S/C14H22O2/c1-2-3-4-5-6-7-8-9-10-11-12-13-14(15)16/h3-4,6-7,9-10H,2,5,8,11-13H2,1H3,(H,15,16)/b4-3+,7-6+,10-9+. The van der Waals surface area contributed by atoms with Gasteiger partial charge in [-0.3, -0.25) is 4.79 Å². The van der Waals surface area contributed by atoms with Crippen molar-refractivity contribution in [1.29, 1.82) is 0 Å². The van der Waals surface area contributed by atoms with E-state index in [1.807, 2.05) is 0 Å². The molecule has 0 saturated carbocycles. The minimum atomic E-state index is -0.712. The van der Waals surface area contributed by atoms with Crippen LogP contribution >= 0.6 is 0 Å². The lowest BCUT2D eigenvalue weighted by molar-refractivity contribution is -0.137. The average Bonchev–Trinajstić information content (AvgIpc) is 2.25. The van der Waals surface area contributed by atoms with Crippen LogP contribution in [0.3, 0.4) is 0 Å². The predicted octanol–water partition coefficient (Wildman–Crippen LogP) is 4.10. The van der Waals surface area contributed by atoms with Gasteiger partial charge in [0.15, 0.2) is 0 Å². The van der Waals surface area contributed by atoms with Gasteiger partial charge in [-0.15, -0.1) is 0 Å². The van der Waals surface area contributed by atoms with Crippen LogP contribution in [0.25, 0.3) is 0 Å². The Morgan fingerprint density at radius 3 is 2.12 bits per heavy atom. The van der Waals surface area contributed by atoms with Crippen LogP contribution in [0, 0.1) is 0 Å². The molecule has 0 aliphatic carbocycles. The van der Waals surface area contributed by atoms with Gasteiger partial charge >= 0.3 is 5.97 Å². The van der Waals surface area contributed by atoms with Crippen molar-refractivity contribution in [2.75, 3.05) is 0 Å². The second-order valence-corrected chi connectivity index (χ2v) is 3.58. The zero-order chi connectivity index (χ0) is 12.1. The summed E-state index contributed by atoms with van der Waals surface area (Å²) in [7, 11) is 0. The van der Waals surface area contributed by atoms with Crippen LogP contribution < -0.4 is 0 Å². The van der Waals surface area contributed by atoms with Crippen molar-refractivity contribution in [1.82, 2.24) is 0 Å². The highest BCUT2D eigenvalue weighted by molar-refractivity contribution is 5.66. The number of aliphatic carboxylic acids is 1. The van der Waals surface area contributed by atoms with E-state index in [1.165, 1.54) is 0 Å². The molecule has 0 radical (unpaired) electrons. The minimum absolute atomic E-state index is 0.266. The van der Waals surface area contributed by atoms with E-state index in [4.69, 9.17) is 5.11 Å². The number of carboxylic acids is 1. The van der Waals surface area contributed by atoms with E-state index < -0.39 is 5.97 Å². The van der Waals surface area contributed by atoms with Gasteiger partial charge in [-0.1, -0.05) is 43.4 Å². The molecule has 0 aliphatic rings. The molecule has 90 valence electrons. The van der Waals surface area contributed by atoms with Crippen molar-refractivity contribution < 1.29 is 9.90 Å². The molecule has 0 heterocycles. The van der Waals surface area contributed by atoms with Crippen molar-refractivity contribution in [3.63, 3.8) is 0 Å². The third-order valence-corrected chi connectivity index (χ3v) is 2.04. The van der Waals surface area contributed by atoms with Crippen LogP contribution in [0.2, 0.25) is 0 Å². The molecule has 16 heavy (non-hydrogen) atoms. The van der Waals surface area contributed by atoms with Crippen molar-refractivity contribution in [2.24, 2.45) is 0 Å². The van der Waals surface area contributed by atoms with Crippen LogP contribution in [-0.4, -0.2) is 11.1 Å². The Morgan fingerprint density at radius 1 is 1.00 bits per heavy atom. The number of unbranched alkanes of at least 4 members (excludes halogenated alkanes) is 1. The summed E-state index contributed by atoms with van der Waals surface area (Å²) < 4.78 is 0. The normalized spacial score (nSPS) is 12.1. The molecule has 2 nitrogen and oxygen atoms in total. The van der Waals surface area contributed by atoms with Crippen LogP contribution in [0.5, 0.6) is 0 Å². The summed E-state index contributed by atoms with van der Waals surface area (Å²) >= 11 is 0. The molecule has 0 amide bonds. The lowest BCUT2D eigenvalue weighted by Crippen LogP contribution is -1.92. The van der Waals surface area contributed by atoms with Crippen molar-refractivity contribution in [2.45, 2.75) is 45.4 Å². The quantitative estimate of drug-likeness (QED) is 0.471. The first-order chi connectivity index (χ1) is 7.77. The molecule has 0 bridgehead atoms. The molecule has 0 aromatic rings. The monoisotopic (exact) mass is 222 g/mol. The van der Waals surface area contributed by atoms with Gasteiger partial charge in [-0.25, -0.2) is 0 Å². The summed E-state index contributed by atoms with van der Waals surface area (Å²) in [6, 6.07) is 0. The molecular weight excluding hydrogens is 200 g/mol. The summed E-state index contributed by atoms with van der Waals surface area (Å²) in [5.41, 5.74) is 0. The van der Waals surface area contributed by atoms with Crippen LogP contribution in [0.4, 0.5) is 0 Å². The first-order valence-electron chi connectivity index (χ1n) is 5.94. The fourth-order valence-electron chi connectivity index (χ4n) is 1.20. The number of carboxylic acid groups (broad SMARTS) is 1. The van der Waals surface area contributed by atoms with Crippen molar-refractivity contribution >= 4 is 5.97 Å². The second-order valence-electron chi connectivity index (χ2n) is 3.58. The van der Waals surface area contributed by atoms with E-state index in [0.29, 0.717) is 0 Å². The highest BCUT2D eigenvalue weighted by Gasteiger charge is 1.92. The maximum atomic E-state index is 10.2. The molecule has 0 aromatic heterocycles. The first kappa shape index (κ1) is 14.7. The van der Waals surface area contributed by atoms with E-state index in [0.717, 1.165) is 32.1 Å². The highest BCUT2D eigenvalue weighted by Crippen LogP contribution is 1.98. The third kappa shape index (κ3) is 12.7. The van der Waals surface area contributed by atoms with Gasteiger partial charge in [0.25, 0.3) is 0 Å². The molecule has 1 N–H and O–H groups in total. The zero-order valence-electron chi connectivity index (χ0n) is 10.1. The fourth-order valence-corrected chi connectivity index (χ4v) is 1.20. The molecule has 2 heteroatoms. The smallest absolute Gasteiger partial charge is 0.303 e. The van der Waals surface area contributed by atoms with Gasteiger partial charge in [0.1, 0.15) is 0 Å². The number of rotatable bonds is 9. The van der Waals surface area contributed by atoms with Crippen LogP contribution in [0.1, 0.15) is 45.4 Å². The summed E-state index contributed by atoms with van der Waals surface area (Å²) in [6.45, 7) is 2.13. The Bertz CT molecular complexity index is 249. The molecule has 0 saturated heterocycles.